The van der Waals surface area contributed by atoms with Crippen molar-refractivity contribution in [3.8, 4) is 23.2 Å². The minimum absolute atomic E-state index is 0.0849. The van der Waals surface area contributed by atoms with Crippen LogP contribution in [0, 0.1) is 23.0 Å². The number of aromatic carboxylic acids is 1. The van der Waals surface area contributed by atoms with Crippen LogP contribution in [0.5, 0.6) is 5.88 Å². The molecule has 0 unspecified atom stereocenters. The SMILES string of the molecule is N#Cc1ccc(COc2cccc(-c3ccc(Cc4nc5ccc(C(=O)O)cc5n4CCCF)c(F)c3)n2)c(F)c1. The molecule has 1 N–H and O–H groups in total. The van der Waals surface area contributed by atoms with Gasteiger partial charge in [0.15, 0.2) is 0 Å². The Balaban J connectivity index is 1.36. The molecule has 0 aliphatic carbocycles. The Morgan fingerprint density at radius 3 is 2.51 bits per heavy atom. The van der Waals surface area contributed by atoms with Crippen LogP contribution in [0.15, 0.2) is 72.8 Å². The van der Waals surface area contributed by atoms with E-state index in [0.717, 1.165) is 6.07 Å². The number of hydrogen-bond acceptors (Lipinski definition) is 5. The Labute approximate surface area is 233 Å². The van der Waals surface area contributed by atoms with Crippen LogP contribution in [-0.2, 0) is 19.6 Å². The van der Waals surface area contributed by atoms with E-state index in [-0.39, 0.29) is 48.6 Å². The lowest BCUT2D eigenvalue weighted by molar-refractivity contribution is 0.0697. The zero-order chi connectivity index (χ0) is 28.9. The average Bonchev–Trinajstić information content (AvgIpc) is 3.32. The van der Waals surface area contributed by atoms with Crippen molar-refractivity contribution in [2.24, 2.45) is 0 Å². The Morgan fingerprint density at radius 2 is 1.78 bits per heavy atom. The highest BCUT2D eigenvalue weighted by Crippen LogP contribution is 2.26. The van der Waals surface area contributed by atoms with Gasteiger partial charge < -0.3 is 14.4 Å². The molecule has 41 heavy (non-hydrogen) atoms. The fourth-order valence-electron chi connectivity index (χ4n) is 4.47. The summed E-state index contributed by atoms with van der Waals surface area (Å²) < 4.78 is 49.9. The number of aromatic nitrogens is 3. The highest BCUT2D eigenvalue weighted by Gasteiger charge is 2.16. The molecule has 10 heteroatoms. The van der Waals surface area contributed by atoms with Gasteiger partial charge >= 0.3 is 5.97 Å². The van der Waals surface area contributed by atoms with Crippen LogP contribution >= 0.6 is 0 Å². The van der Waals surface area contributed by atoms with Gasteiger partial charge in [-0.2, -0.15) is 5.26 Å². The number of carboxylic acid groups (broad SMARTS) is 1. The Morgan fingerprint density at radius 1 is 0.976 bits per heavy atom. The molecule has 0 spiro atoms. The number of carboxylic acids is 1. The van der Waals surface area contributed by atoms with Gasteiger partial charge in [0.2, 0.25) is 5.88 Å². The molecule has 0 fully saturated rings. The van der Waals surface area contributed by atoms with Crippen LogP contribution in [0.3, 0.4) is 0 Å². The zero-order valence-corrected chi connectivity index (χ0v) is 21.7. The lowest BCUT2D eigenvalue weighted by Gasteiger charge is -2.11. The second-order valence-electron chi connectivity index (χ2n) is 9.28. The highest BCUT2D eigenvalue weighted by molar-refractivity contribution is 5.92. The number of hydrogen-bond donors (Lipinski definition) is 1. The molecule has 0 aliphatic rings. The molecule has 0 radical (unpaired) electrons. The third-order valence-electron chi connectivity index (χ3n) is 6.57. The number of rotatable bonds is 10. The molecule has 3 aromatic carbocycles. The number of carbonyl (C=O) groups is 1. The first-order valence-electron chi connectivity index (χ1n) is 12.7. The number of nitriles is 1. The van der Waals surface area contributed by atoms with E-state index in [9.17, 15) is 18.7 Å². The highest BCUT2D eigenvalue weighted by atomic mass is 19.1. The minimum Gasteiger partial charge on any atom is -0.478 e. The maximum atomic E-state index is 15.3. The van der Waals surface area contributed by atoms with E-state index in [2.05, 4.69) is 9.97 Å². The van der Waals surface area contributed by atoms with E-state index in [1.807, 2.05) is 6.07 Å². The van der Waals surface area contributed by atoms with E-state index in [1.54, 1.807) is 41.0 Å². The number of nitrogens with zero attached hydrogens (tertiary/aromatic N) is 4. The quantitative estimate of drug-likeness (QED) is 0.211. The van der Waals surface area contributed by atoms with Crippen LogP contribution in [0.4, 0.5) is 13.2 Å². The monoisotopic (exact) mass is 556 g/mol. The number of alkyl halides is 1. The molecule has 0 atom stereocenters. The number of pyridine rings is 1. The second kappa shape index (κ2) is 11.9. The summed E-state index contributed by atoms with van der Waals surface area (Å²) in [6, 6.07) is 20.2. The molecular weight excluding hydrogens is 533 g/mol. The van der Waals surface area contributed by atoms with Gasteiger partial charge in [0.1, 0.15) is 24.1 Å². The van der Waals surface area contributed by atoms with Crippen molar-refractivity contribution in [2.45, 2.75) is 26.0 Å². The molecule has 5 rings (SSSR count). The predicted octanol–water partition coefficient (Wildman–Crippen LogP) is 6.48. The van der Waals surface area contributed by atoms with Crippen molar-refractivity contribution in [3.05, 3.63) is 113 Å². The summed E-state index contributed by atoms with van der Waals surface area (Å²) in [5, 5.41) is 18.3. The average molecular weight is 557 g/mol. The van der Waals surface area contributed by atoms with Crippen molar-refractivity contribution in [2.75, 3.05) is 6.67 Å². The van der Waals surface area contributed by atoms with Gasteiger partial charge in [0.05, 0.1) is 40.6 Å². The third-order valence-corrected chi connectivity index (χ3v) is 6.57. The van der Waals surface area contributed by atoms with Crippen molar-refractivity contribution in [1.29, 1.82) is 5.26 Å². The van der Waals surface area contributed by atoms with Crippen molar-refractivity contribution >= 4 is 17.0 Å². The van der Waals surface area contributed by atoms with E-state index in [1.165, 1.54) is 30.3 Å². The third kappa shape index (κ3) is 6.04. The number of aryl methyl sites for hydroxylation is 1. The molecule has 2 heterocycles. The number of fused-ring (bicyclic) bond motifs is 1. The topological polar surface area (TPSA) is 101 Å². The summed E-state index contributed by atoms with van der Waals surface area (Å²) in [6.45, 7) is -0.383. The minimum atomic E-state index is -1.09. The number of benzene rings is 3. The summed E-state index contributed by atoms with van der Waals surface area (Å²) >= 11 is 0. The van der Waals surface area contributed by atoms with Crippen LogP contribution in [0.1, 0.15) is 39.3 Å². The summed E-state index contributed by atoms with van der Waals surface area (Å²) in [6.07, 6.45) is 0.321. The molecule has 0 aliphatic heterocycles. The molecule has 0 amide bonds. The van der Waals surface area contributed by atoms with Crippen LogP contribution in [-0.4, -0.2) is 32.3 Å². The van der Waals surface area contributed by atoms with Gasteiger partial charge in [-0.05, 0) is 54.4 Å². The van der Waals surface area contributed by atoms with Gasteiger partial charge in [0, 0.05) is 30.2 Å². The first-order valence-corrected chi connectivity index (χ1v) is 12.7. The molecule has 0 saturated carbocycles. The molecule has 5 aromatic rings. The van der Waals surface area contributed by atoms with E-state index >= 15 is 4.39 Å². The standard InChI is InChI=1S/C31H23F3N4O3/c32-11-2-12-38-28-15-22(31(39)40)9-10-27(28)36-29(38)16-20-7-8-21(14-25(20)34)26-3-1-4-30(37-26)41-18-23-6-5-19(17-35)13-24(23)33/h1,3-10,13-15H,2,11-12,16,18H2,(H,39,40). The van der Waals surface area contributed by atoms with Crippen LogP contribution < -0.4 is 4.74 Å². The smallest absolute Gasteiger partial charge is 0.335 e. The van der Waals surface area contributed by atoms with Crippen LogP contribution in [0.25, 0.3) is 22.3 Å². The second-order valence-corrected chi connectivity index (χ2v) is 9.28. The lowest BCUT2D eigenvalue weighted by atomic mass is 10.1. The number of imidazole rings is 1. The summed E-state index contributed by atoms with van der Waals surface area (Å²) in [7, 11) is 0. The predicted molar refractivity (Wildman–Crippen MR) is 145 cm³/mol. The van der Waals surface area contributed by atoms with E-state index in [0.29, 0.717) is 33.7 Å². The van der Waals surface area contributed by atoms with Gasteiger partial charge in [-0.25, -0.2) is 23.5 Å². The van der Waals surface area contributed by atoms with Crippen LogP contribution in [0.2, 0.25) is 0 Å². The number of ether oxygens (including phenoxy) is 1. The summed E-state index contributed by atoms with van der Waals surface area (Å²) in [5.74, 6) is -1.42. The van der Waals surface area contributed by atoms with Gasteiger partial charge in [0.25, 0.3) is 0 Å². The fraction of sp³-hybridized carbons (Fsp3) is 0.161. The molecule has 2 aromatic heterocycles. The Bertz CT molecular complexity index is 1800. The van der Waals surface area contributed by atoms with Gasteiger partial charge in [-0.1, -0.05) is 24.3 Å². The lowest BCUT2D eigenvalue weighted by Crippen LogP contribution is -2.07. The Kier molecular flexibility index (Phi) is 7.97. The van der Waals surface area contributed by atoms with E-state index < -0.39 is 24.3 Å². The van der Waals surface area contributed by atoms with Crippen molar-refractivity contribution in [1.82, 2.24) is 14.5 Å². The fourth-order valence-corrected chi connectivity index (χ4v) is 4.47. The largest absolute Gasteiger partial charge is 0.478 e. The molecule has 7 nitrogen and oxygen atoms in total. The van der Waals surface area contributed by atoms with Gasteiger partial charge in [-0.15, -0.1) is 0 Å². The number of halogens is 3. The molecule has 206 valence electrons. The first kappa shape index (κ1) is 27.4. The molecule has 0 bridgehead atoms. The maximum absolute atomic E-state index is 15.3. The zero-order valence-electron chi connectivity index (χ0n) is 21.7. The summed E-state index contributed by atoms with van der Waals surface area (Å²) in [4.78, 5) is 20.4. The maximum Gasteiger partial charge on any atom is 0.335 e. The molecule has 0 saturated heterocycles. The first-order chi connectivity index (χ1) is 19.9. The van der Waals surface area contributed by atoms with Crippen molar-refractivity contribution in [3.63, 3.8) is 0 Å². The van der Waals surface area contributed by atoms with E-state index in [4.69, 9.17) is 10.00 Å². The van der Waals surface area contributed by atoms with Crippen molar-refractivity contribution < 1.29 is 27.8 Å². The molecular formula is C31H23F3N4O3. The van der Waals surface area contributed by atoms with Gasteiger partial charge in [-0.3, -0.25) is 4.39 Å². The summed E-state index contributed by atoms with van der Waals surface area (Å²) in [5.41, 5.74) is 2.96. The Hall–Kier alpha value is -5.17. The normalized spacial score (nSPS) is 11.0.